The van der Waals surface area contributed by atoms with Crippen molar-refractivity contribution in [3.05, 3.63) is 64.2 Å². The quantitative estimate of drug-likeness (QED) is 0.836. The molecule has 0 spiro atoms. The molecule has 0 bridgehead atoms. The summed E-state index contributed by atoms with van der Waals surface area (Å²) in [5, 5.41) is 9.18. The molecule has 0 unspecified atom stereocenters. The van der Waals surface area contributed by atoms with Crippen molar-refractivity contribution in [2.75, 3.05) is 11.9 Å². The summed E-state index contributed by atoms with van der Waals surface area (Å²) in [5.74, 6) is -0.383. The number of aryl methyl sites for hydroxylation is 2. The molecule has 0 atom stereocenters. The van der Waals surface area contributed by atoms with Gasteiger partial charge in [-0.15, -0.1) is 0 Å². The highest BCUT2D eigenvalue weighted by Crippen LogP contribution is 2.27. The second kappa shape index (κ2) is 8.35. The SMILES string of the molecule is Cc1cc(C)c(NC(=O)CCC(=O)N2CCC(c3ccccc3)=N2)c(Cl)c1. The summed E-state index contributed by atoms with van der Waals surface area (Å²) in [6.45, 7) is 4.39. The van der Waals surface area contributed by atoms with E-state index in [2.05, 4.69) is 10.4 Å². The first-order valence-corrected chi connectivity index (χ1v) is 9.31. The Morgan fingerprint density at radius 2 is 1.89 bits per heavy atom. The third-order valence-electron chi connectivity index (χ3n) is 4.46. The Labute approximate surface area is 164 Å². The number of hydrogen-bond acceptors (Lipinski definition) is 3. The third-order valence-corrected chi connectivity index (χ3v) is 4.76. The van der Waals surface area contributed by atoms with E-state index in [1.165, 1.54) is 5.01 Å². The van der Waals surface area contributed by atoms with E-state index in [1.807, 2.05) is 50.2 Å². The van der Waals surface area contributed by atoms with Crippen molar-refractivity contribution >= 4 is 34.8 Å². The Bertz CT molecular complexity index is 871. The molecular formula is C21H22ClN3O2. The Balaban J connectivity index is 1.55. The lowest BCUT2D eigenvalue weighted by Crippen LogP contribution is -2.25. The minimum Gasteiger partial charge on any atom is -0.325 e. The van der Waals surface area contributed by atoms with Gasteiger partial charge in [0.1, 0.15) is 0 Å². The van der Waals surface area contributed by atoms with E-state index in [-0.39, 0.29) is 24.7 Å². The van der Waals surface area contributed by atoms with Crippen LogP contribution >= 0.6 is 11.6 Å². The fourth-order valence-corrected chi connectivity index (χ4v) is 3.46. The molecule has 2 aromatic rings. The molecule has 0 saturated carbocycles. The first-order chi connectivity index (χ1) is 12.9. The fourth-order valence-electron chi connectivity index (χ4n) is 3.10. The van der Waals surface area contributed by atoms with Crippen LogP contribution in [0, 0.1) is 13.8 Å². The summed E-state index contributed by atoms with van der Waals surface area (Å²) in [4.78, 5) is 24.6. The van der Waals surface area contributed by atoms with Gasteiger partial charge in [0.2, 0.25) is 11.8 Å². The van der Waals surface area contributed by atoms with Gasteiger partial charge in [0.05, 0.1) is 23.0 Å². The summed E-state index contributed by atoms with van der Waals surface area (Å²) in [6, 6.07) is 13.6. The molecule has 6 heteroatoms. The van der Waals surface area contributed by atoms with Crippen molar-refractivity contribution < 1.29 is 9.59 Å². The molecule has 0 saturated heterocycles. The van der Waals surface area contributed by atoms with Gasteiger partial charge in [0.15, 0.2) is 0 Å². The molecule has 1 heterocycles. The molecule has 2 aromatic carbocycles. The Kier molecular flexibility index (Phi) is 5.91. The highest BCUT2D eigenvalue weighted by molar-refractivity contribution is 6.34. The number of halogens is 1. The van der Waals surface area contributed by atoms with Crippen molar-refractivity contribution in [3.63, 3.8) is 0 Å². The number of benzene rings is 2. The number of anilines is 1. The number of nitrogens with one attached hydrogen (secondary N) is 1. The van der Waals surface area contributed by atoms with Gasteiger partial charge < -0.3 is 5.32 Å². The molecule has 5 nitrogen and oxygen atoms in total. The maximum atomic E-state index is 12.4. The minimum atomic E-state index is -0.233. The van der Waals surface area contributed by atoms with Gasteiger partial charge in [-0.1, -0.05) is 48.0 Å². The first-order valence-electron chi connectivity index (χ1n) is 8.94. The number of nitrogens with zero attached hydrogens (tertiary/aromatic N) is 2. The molecule has 3 rings (SSSR count). The summed E-state index contributed by atoms with van der Waals surface area (Å²) < 4.78 is 0. The van der Waals surface area contributed by atoms with Gasteiger partial charge in [-0.2, -0.15) is 5.10 Å². The van der Waals surface area contributed by atoms with E-state index >= 15 is 0 Å². The third kappa shape index (κ3) is 4.74. The summed E-state index contributed by atoms with van der Waals surface area (Å²) >= 11 is 6.21. The molecule has 1 N–H and O–H groups in total. The Morgan fingerprint density at radius 1 is 1.15 bits per heavy atom. The molecule has 1 aliphatic rings. The van der Waals surface area contributed by atoms with Crippen LogP contribution in [0.1, 0.15) is 36.0 Å². The molecule has 0 aliphatic carbocycles. The molecule has 0 aromatic heterocycles. The lowest BCUT2D eigenvalue weighted by Gasteiger charge is -2.13. The lowest BCUT2D eigenvalue weighted by atomic mass is 10.1. The summed E-state index contributed by atoms with van der Waals surface area (Å²) in [7, 11) is 0. The van der Waals surface area contributed by atoms with Crippen LogP contribution in [-0.4, -0.2) is 29.1 Å². The van der Waals surface area contributed by atoms with Crippen LogP contribution in [-0.2, 0) is 9.59 Å². The molecule has 27 heavy (non-hydrogen) atoms. The number of hydrogen-bond donors (Lipinski definition) is 1. The standard InChI is InChI=1S/C21H22ClN3O2/c1-14-12-15(2)21(17(22)13-14)23-19(26)8-9-20(27)25-11-10-18(24-25)16-6-4-3-5-7-16/h3-7,12-13H,8-11H2,1-2H3,(H,23,26). The molecular weight excluding hydrogens is 362 g/mol. The highest BCUT2D eigenvalue weighted by atomic mass is 35.5. The van der Waals surface area contributed by atoms with Crippen LogP contribution in [0.5, 0.6) is 0 Å². The molecule has 2 amide bonds. The second-order valence-electron chi connectivity index (χ2n) is 6.67. The number of carbonyl (C=O) groups is 2. The molecule has 0 fully saturated rings. The average Bonchev–Trinajstić information content (AvgIpc) is 3.14. The van der Waals surface area contributed by atoms with Crippen LogP contribution in [0.2, 0.25) is 5.02 Å². The van der Waals surface area contributed by atoms with Crippen LogP contribution in [0.4, 0.5) is 5.69 Å². The van der Waals surface area contributed by atoms with Gasteiger partial charge in [-0.3, -0.25) is 9.59 Å². The van der Waals surface area contributed by atoms with Gasteiger partial charge in [-0.05, 0) is 36.6 Å². The Morgan fingerprint density at radius 3 is 2.59 bits per heavy atom. The minimum absolute atomic E-state index is 0.0924. The number of rotatable bonds is 5. The predicted molar refractivity (Wildman–Crippen MR) is 108 cm³/mol. The zero-order chi connectivity index (χ0) is 19.4. The zero-order valence-electron chi connectivity index (χ0n) is 15.5. The van der Waals surface area contributed by atoms with E-state index in [9.17, 15) is 9.59 Å². The van der Waals surface area contributed by atoms with Crippen molar-refractivity contribution in [2.45, 2.75) is 33.1 Å². The van der Waals surface area contributed by atoms with Crippen LogP contribution < -0.4 is 5.32 Å². The Hall–Kier alpha value is -2.66. The van der Waals surface area contributed by atoms with Gasteiger partial charge in [-0.25, -0.2) is 5.01 Å². The largest absolute Gasteiger partial charge is 0.325 e. The van der Waals surface area contributed by atoms with E-state index in [0.717, 1.165) is 28.8 Å². The van der Waals surface area contributed by atoms with E-state index < -0.39 is 0 Å². The van der Waals surface area contributed by atoms with Crippen LogP contribution in [0.3, 0.4) is 0 Å². The molecule has 0 radical (unpaired) electrons. The smallest absolute Gasteiger partial charge is 0.243 e. The summed E-state index contributed by atoms with van der Waals surface area (Å²) in [6.07, 6.45) is 0.926. The first kappa shape index (κ1) is 19.1. The normalized spacial score (nSPS) is 13.4. The van der Waals surface area contributed by atoms with Gasteiger partial charge in [0.25, 0.3) is 0 Å². The predicted octanol–water partition coefficient (Wildman–Crippen LogP) is 4.31. The number of amides is 2. The van der Waals surface area contributed by atoms with Gasteiger partial charge >= 0.3 is 0 Å². The maximum absolute atomic E-state index is 12.4. The fraction of sp³-hybridized carbons (Fsp3) is 0.286. The van der Waals surface area contributed by atoms with E-state index in [0.29, 0.717) is 17.3 Å². The van der Waals surface area contributed by atoms with Gasteiger partial charge in [0, 0.05) is 19.3 Å². The highest BCUT2D eigenvalue weighted by Gasteiger charge is 2.22. The van der Waals surface area contributed by atoms with E-state index in [4.69, 9.17) is 11.6 Å². The second-order valence-corrected chi connectivity index (χ2v) is 7.07. The molecule has 140 valence electrons. The van der Waals surface area contributed by atoms with Crippen molar-refractivity contribution in [3.8, 4) is 0 Å². The topological polar surface area (TPSA) is 61.8 Å². The van der Waals surface area contributed by atoms with Crippen molar-refractivity contribution in [1.82, 2.24) is 5.01 Å². The van der Waals surface area contributed by atoms with E-state index in [1.54, 1.807) is 6.07 Å². The average molecular weight is 384 g/mol. The van der Waals surface area contributed by atoms with Crippen LogP contribution in [0.25, 0.3) is 0 Å². The number of hydrazone groups is 1. The number of carbonyl (C=O) groups excluding carboxylic acids is 2. The maximum Gasteiger partial charge on any atom is 0.243 e. The zero-order valence-corrected chi connectivity index (χ0v) is 16.2. The lowest BCUT2D eigenvalue weighted by molar-refractivity contribution is -0.132. The van der Waals surface area contributed by atoms with Crippen LogP contribution in [0.15, 0.2) is 47.6 Å². The monoisotopic (exact) mass is 383 g/mol. The van der Waals surface area contributed by atoms with Crippen molar-refractivity contribution in [2.24, 2.45) is 5.10 Å². The summed E-state index contributed by atoms with van der Waals surface area (Å²) in [5.41, 5.74) is 4.46. The molecule has 1 aliphatic heterocycles. The van der Waals surface area contributed by atoms with Crippen molar-refractivity contribution in [1.29, 1.82) is 0 Å².